The van der Waals surface area contributed by atoms with Crippen molar-refractivity contribution in [1.29, 1.82) is 0 Å². The van der Waals surface area contributed by atoms with E-state index in [1.165, 1.54) is 7.11 Å². The molecule has 1 heterocycles. The van der Waals surface area contributed by atoms with Crippen LogP contribution in [0.15, 0.2) is 0 Å². The van der Waals surface area contributed by atoms with Crippen molar-refractivity contribution in [2.75, 3.05) is 13.7 Å². The molecule has 1 fully saturated rings. The Labute approximate surface area is 86.2 Å². The highest BCUT2D eigenvalue weighted by Gasteiger charge is 2.32. The molecule has 0 aromatic rings. The lowest BCUT2D eigenvalue weighted by atomic mass is 9.75. The van der Waals surface area contributed by atoms with Gasteiger partial charge in [-0.05, 0) is 30.7 Å². The number of esters is 1. The van der Waals surface area contributed by atoms with Gasteiger partial charge in [-0.25, -0.2) is 0 Å². The largest absolute Gasteiger partial charge is 0.468 e. The van der Waals surface area contributed by atoms with Crippen molar-refractivity contribution in [3.63, 3.8) is 0 Å². The van der Waals surface area contributed by atoms with Crippen molar-refractivity contribution < 1.29 is 9.53 Å². The summed E-state index contributed by atoms with van der Waals surface area (Å²) in [6.45, 7) is 7.66. The summed E-state index contributed by atoms with van der Waals surface area (Å²) in [4.78, 5) is 11.2. The summed E-state index contributed by atoms with van der Waals surface area (Å²) in [5.74, 6) is 0.528. The van der Waals surface area contributed by atoms with Gasteiger partial charge in [0.05, 0.1) is 7.11 Å². The van der Waals surface area contributed by atoms with Crippen molar-refractivity contribution >= 4 is 5.97 Å². The van der Waals surface area contributed by atoms with Gasteiger partial charge in [0.25, 0.3) is 0 Å². The molecule has 82 valence electrons. The lowest BCUT2D eigenvalue weighted by molar-refractivity contribution is -0.144. The van der Waals surface area contributed by atoms with Gasteiger partial charge >= 0.3 is 5.97 Å². The third-order valence-electron chi connectivity index (χ3n) is 3.12. The minimum absolute atomic E-state index is 0.0846. The topological polar surface area (TPSA) is 38.3 Å². The quantitative estimate of drug-likeness (QED) is 0.651. The van der Waals surface area contributed by atoms with Crippen LogP contribution in [-0.4, -0.2) is 25.7 Å². The summed E-state index contributed by atoms with van der Waals surface area (Å²) in [5.41, 5.74) is 0.327. The first kappa shape index (κ1) is 11.5. The molecule has 1 rings (SSSR count). The average Bonchev–Trinajstić information content (AvgIpc) is 2.15. The number of ether oxygens (including phenoxy) is 1. The summed E-state index contributed by atoms with van der Waals surface area (Å²) in [6.07, 6.45) is 2.00. The first-order valence-electron chi connectivity index (χ1n) is 5.26. The number of hydrogen-bond donors (Lipinski definition) is 1. The third-order valence-corrected chi connectivity index (χ3v) is 3.12. The van der Waals surface area contributed by atoms with Gasteiger partial charge in [0.2, 0.25) is 0 Å². The predicted molar refractivity (Wildman–Crippen MR) is 56.0 cm³/mol. The van der Waals surface area contributed by atoms with E-state index in [4.69, 9.17) is 4.74 Å². The van der Waals surface area contributed by atoms with Crippen LogP contribution in [0.5, 0.6) is 0 Å². The van der Waals surface area contributed by atoms with Gasteiger partial charge in [0.15, 0.2) is 0 Å². The first-order chi connectivity index (χ1) is 6.45. The zero-order chi connectivity index (χ0) is 10.8. The second-order valence-corrected chi connectivity index (χ2v) is 5.12. The summed E-state index contributed by atoms with van der Waals surface area (Å²) in [5, 5.41) is 3.25. The maximum atomic E-state index is 11.2. The van der Waals surface area contributed by atoms with Crippen LogP contribution in [-0.2, 0) is 9.53 Å². The lowest BCUT2D eigenvalue weighted by Gasteiger charge is -2.36. The molecular formula is C11H21NO2. The van der Waals surface area contributed by atoms with Crippen LogP contribution in [0.1, 0.15) is 33.6 Å². The van der Waals surface area contributed by atoms with E-state index < -0.39 is 0 Å². The second kappa shape index (κ2) is 4.30. The number of nitrogens with one attached hydrogen (secondary N) is 1. The van der Waals surface area contributed by atoms with Gasteiger partial charge in [-0.1, -0.05) is 20.8 Å². The molecule has 0 aromatic carbocycles. The van der Waals surface area contributed by atoms with E-state index >= 15 is 0 Å². The van der Waals surface area contributed by atoms with Crippen molar-refractivity contribution in [2.45, 2.75) is 39.7 Å². The Morgan fingerprint density at radius 2 is 2.00 bits per heavy atom. The van der Waals surface area contributed by atoms with Crippen LogP contribution < -0.4 is 5.32 Å². The molecule has 3 heteroatoms. The van der Waals surface area contributed by atoms with Gasteiger partial charge in [-0.2, -0.15) is 0 Å². The molecule has 1 aliphatic rings. The number of piperidine rings is 1. The van der Waals surface area contributed by atoms with E-state index in [0.717, 1.165) is 19.4 Å². The molecule has 0 unspecified atom stereocenters. The number of carbonyl (C=O) groups is 1. The van der Waals surface area contributed by atoms with Gasteiger partial charge in [-0.15, -0.1) is 0 Å². The number of carbonyl (C=O) groups excluding carboxylic acids is 1. The van der Waals surface area contributed by atoms with E-state index in [2.05, 4.69) is 26.1 Å². The first-order valence-corrected chi connectivity index (χ1v) is 5.26. The van der Waals surface area contributed by atoms with Gasteiger partial charge in [-0.3, -0.25) is 4.79 Å². The summed E-state index contributed by atoms with van der Waals surface area (Å²) in [6, 6.07) is -0.0846. The van der Waals surface area contributed by atoms with Crippen LogP contribution >= 0.6 is 0 Å². The fraction of sp³-hybridized carbons (Fsp3) is 0.909. The van der Waals surface area contributed by atoms with Crippen molar-refractivity contribution in [2.24, 2.45) is 11.3 Å². The van der Waals surface area contributed by atoms with E-state index in [0.29, 0.717) is 11.3 Å². The summed E-state index contributed by atoms with van der Waals surface area (Å²) < 4.78 is 4.71. The van der Waals surface area contributed by atoms with E-state index in [-0.39, 0.29) is 12.0 Å². The molecule has 0 aliphatic carbocycles. The Morgan fingerprint density at radius 3 is 2.36 bits per heavy atom. The highest BCUT2D eigenvalue weighted by atomic mass is 16.5. The standard InChI is InChI=1S/C11H21NO2/c1-11(2,3)8-5-6-9(12-7-8)10(13)14-4/h8-9,12H,5-7H2,1-4H3/t8-,9-/m1/s1. The second-order valence-electron chi connectivity index (χ2n) is 5.12. The molecule has 3 nitrogen and oxygen atoms in total. The van der Waals surface area contributed by atoms with Crippen LogP contribution in [0.3, 0.4) is 0 Å². The zero-order valence-electron chi connectivity index (χ0n) is 9.59. The Kier molecular flexibility index (Phi) is 3.53. The van der Waals surface area contributed by atoms with Crippen LogP contribution in [0, 0.1) is 11.3 Å². The SMILES string of the molecule is COC(=O)[C@H]1CC[C@@H](C(C)(C)C)CN1. The molecular weight excluding hydrogens is 178 g/mol. The molecule has 0 saturated carbocycles. The van der Waals surface area contributed by atoms with Crippen molar-refractivity contribution in [1.82, 2.24) is 5.32 Å². The Morgan fingerprint density at radius 1 is 1.36 bits per heavy atom. The molecule has 0 spiro atoms. The Bertz CT molecular complexity index is 200. The smallest absolute Gasteiger partial charge is 0.322 e. The molecule has 0 bridgehead atoms. The van der Waals surface area contributed by atoms with Crippen molar-refractivity contribution in [3.05, 3.63) is 0 Å². The minimum atomic E-state index is -0.127. The molecule has 0 radical (unpaired) electrons. The Balaban J connectivity index is 2.43. The lowest BCUT2D eigenvalue weighted by Crippen LogP contribution is -2.47. The maximum Gasteiger partial charge on any atom is 0.322 e. The third kappa shape index (κ3) is 2.71. The van der Waals surface area contributed by atoms with Crippen molar-refractivity contribution in [3.8, 4) is 0 Å². The molecule has 2 atom stereocenters. The van der Waals surface area contributed by atoms with E-state index in [9.17, 15) is 4.79 Å². The number of methoxy groups -OCH3 is 1. The minimum Gasteiger partial charge on any atom is -0.468 e. The van der Waals surface area contributed by atoms with Gasteiger partial charge < -0.3 is 10.1 Å². The van der Waals surface area contributed by atoms with E-state index in [1.807, 2.05) is 0 Å². The molecule has 1 N–H and O–H groups in total. The average molecular weight is 199 g/mol. The molecule has 0 aromatic heterocycles. The highest BCUT2D eigenvalue weighted by molar-refractivity contribution is 5.75. The van der Waals surface area contributed by atoms with E-state index in [1.54, 1.807) is 0 Å². The van der Waals surface area contributed by atoms with Gasteiger partial charge in [0.1, 0.15) is 6.04 Å². The molecule has 1 aliphatic heterocycles. The zero-order valence-corrected chi connectivity index (χ0v) is 9.59. The van der Waals surface area contributed by atoms with Crippen LogP contribution in [0.2, 0.25) is 0 Å². The maximum absolute atomic E-state index is 11.2. The fourth-order valence-corrected chi connectivity index (χ4v) is 1.94. The monoisotopic (exact) mass is 199 g/mol. The highest BCUT2D eigenvalue weighted by Crippen LogP contribution is 2.31. The number of hydrogen-bond acceptors (Lipinski definition) is 3. The molecule has 0 amide bonds. The summed E-state index contributed by atoms with van der Waals surface area (Å²) in [7, 11) is 1.44. The number of rotatable bonds is 1. The fourth-order valence-electron chi connectivity index (χ4n) is 1.94. The van der Waals surface area contributed by atoms with Crippen LogP contribution in [0.4, 0.5) is 0 Å². The molecule has 1 saturated heterocycles. The normalized spacial score (nSPS) is 28.6. The van der Waals surface area contributed by atoms with Gasteiger partial charge in [0, 0.05) is 0 Å². The Hall–Kier alpha value is -0.570. The molecule has 14 heavy (non-hydrogen) atoms. The summed E-state index contributed by atoms with van der Waals surface area (Å²) >= 11 is 0. The van der Waals surface area contributed by atoms with Crippen LogP contribution in [0.25, 0.3) is 0 Å². The predicted octanol–water partition coefficient (Wildman–Crippen LogP) is 1.57.